The van der Waals surface area contributed by atoms with Gasteiger partial charge in [0.25, 0.3) is 0 Å². The van der Waals surface area contributed by atoms with E-state index in [4.69, 9.17) is 0 Å². The first-order chi connectivity index (χ1) is 9.25. The van der Waals surface area contributed by atoms with Crippen LogP contribution >= 0.6 is 11.3 Å². The molecule has 0 radical (unpaired) electrons. The van der Waals surface area contributed by atoms with Crippen LogP contribution in [-0.2, 0) is 11.2 Å². The van der Waals surface area contributed by atoms with Gasteiger partial charge in [-0.05, 0) is 22.9 Å². The zero-order valence-electron chi connectivity index (χ0n) is 11.0. The first-order valence-corrected chi connectivity index (χ1v) is 7.50. The third-order valence-electron chi connectivity index (χ3n) is 3.73. The minimum atomic E-state index is 0.245. The Kier molecular flexibility index (Phi) is 3.38. The average molecular weight is 271 g/mol. The van der Waals surface area contributed by atoms with E-state index in [9.17, 15) is 4.79 Å². The molecular weight excluding hydrogens is 254 g/mol. The summed E-state index contributed by atoms with van der Waals surface area (Å²) in [5.74, 6) is 0.795. The van der Waals surface area contributed by atoms with Crippen molar-refractivity contribution in [2.24, 2.45) is 5.92 Å². The van der Waals surface area contributed by atoms with Gasteiger partial charge in [-0.2, -0.15) is 0 Å². The summed E-state index contributed by atoms with van der Waals surface area (Å²) >= 11 is 1.65. The molecule has 1 aliphatic heterocycles. The molecule has 1 aromatic heterocycles. The largest absolute Gasteiger partial charge is 0.335 e. The lowest BCUT2D eigenvalue weighted by Gasteiger charge is -2.47. The third kappa shape index (κ3) is 2.43. The summed E-state index contributed by atoms with van der Waals surface area (Å²) in [6, 6.07) is 14.6. The number of thiophene rings is 1. The zero-order valence-corrected chi connectivity index (χ0v) is 11.8. The predicted octanol–water partition coefficient (Wildman–Crippen LogP) is 3.51. The number of amides is 1. The zero-order chi connectivity index (χ0) is 13.2. The van der Waals surface area contributed by atoms with Gasteiger partial charge in [0.2, 0.25) is 5.91 Å². The van der Waals surface area contributed by atoms with Gasteiger partial charge < -0.3 is 4.90 Å². The highest BCUT2D eigenvalue weighted by atomic mass is 32.1. The van der Waals surface area contributed by atoms with Crippen LogP contribution in [0.3, 0.4) is 0 Å². The van der Waals surface area contributed by atoms with Gasteiger partial charge in [-0.25, -0.2) is 0 Å². The summed E-state index contributed by atoms with van der Waals surface area (Å²) in [5.41, 5.74) is 1.25. The number of hydrogen-bond acceptors (Lipinski definition) is 2. The van der Waals surface area contributed by atoms with Crippen molar-refractivity contribution in [2.45, 2.75) is 19.4 Å². The van der Waals surface area contributed by atoms with E-state index in [0.717, 1.165) is 11.4 Å². The Labute approximate surface area is 117 Å². The van der Waals surface area contributed by atoms with Crippen LogP contribution in [0.2, 0.25) is 0 Å². The highest BCUT2D eigenvalue weighted by molar-refractivity contribution is 7.10. The van der Waals surface area contributed by atoms with Gasteiger partial charge in [0.15, 0.2) is 0 Å². The Bertz CT molecular complexity index is 549. The summed E-state index contributed by atoms with van der Waals surface area (Å²) in [6.45, 7) is 3.09. The molecule has 0 bridgehead atoms. The molecule has 0 aliphatic carbocycles. The molecule has 1 amide bonds. The lowest BCUT2D eigenvalue weighted by Crippen LogP contribution is -2.51. The molecule has 2 aromatic rings. The van der Waals surface area contributed by atoms with Gasteiger partial charge in [-0.1, -0.05) is 43.3 Å². The Morgan fingerprint density at radius 2 is 2.05 bits per heavy atom. The molecule has 0 unspecified atom stereocenters. The quantitative estimate of drug-likeness (QED) is 0.836. The number of carbonyl (C=O) groups is 1. The smallest absolute Gasteiger partial charge is 0.228 e. The van der Waals surface area contributed by atoms with Crippen molar-refractivity contribution in [2.75, 3.05) is 6.54 Å². The van der Waals surface area contributed by atoms with Gasteiger partial charge in [-0.3, -0.25) is 4.79 Å². The highest BCUT2D eigenvalue weighted by Gasteiger charge is 2.39. The standard InChI is InChI=1S/C16H17NOS/c1-12-11-17(15(18)10-14-8-5-9-19-14)16(12)13-6-3-2-4-7-13/h2-9,12,16H,10-11H2,1H3/t12-,16+/m0/s1. The molecule has 1 aromatic carbocycles. The first kappa shape index (κ1) is 12.4. The van der Waals surface area contributed by atoms with Crippen LogP contribution in [0.25, 0.3) is 0 Å². The van der Waals surface area contributed by atoms with E-state index in [1.807, 2.05) is 40.6 Å². The van der Waals surface area contributed by atoms with Crippen LogP contribution < -0.4 is 0 Å². The van der Waals surface area contributed by atoms with Gasteiger partial charge in [0.1, 0.15) is 0 Å². The highest BCUT2D eigenvalue weighted by Crippen LogP contribution is 2.38. The molecule has 2 nitrogen and oxygen atoms in total. The fourth-order valence-electron chi connectivity index (χ4n) is 2.77. The molecule has 19 heavy (non-hydrogen) atoms. The molecule has 1 aliphatic rings. The van der Waals surface area contributed by atoms with E-state index < -0.39 is 0 Å². The average Bonchev–Trinajstić information content (AvgIpc) is 2.89. The molecule has 98 valence electrons. The molecule has 0 N–H and O–H groups in total. The van der Waals surface area contributed by atoms with E-state index in [0.29, 0.717) is 12.3 Å². The van der Waals surface area contributed by atoms with Crippen molar-refractivity contribution in [1.82, 2.24) is 4.90 Å². The van der Waals surface area contributed by atoms with Crippen LogP contribution in [0.5, 0.6) is 0 Å². The number of likely N-dealkylation sites (tertiary alicyclic amines) is 1. The normalized spacial score (nSPS) is 22.1. The summed E-state index contributed by atoms with van der Waals surface area (Å²) in [5, 5.41) is 2.02. The van der Waals surface area contributed by atoms with E-state index in [1.165, 1.54) is 5.56 Å². The van der Waals surface area contributed by atoms with Crippen molar-refractivity contribution in [3.8, 4) is 0 Å². The van der Waals surface area contributed by atoms with Crippen molar-refractivity contribution < 1.29 is 4.79 Å². The van der Waals surface area contributed by atoms with Crippen LogP contribution in [0.15, 0.2) is 47.8 Å². The van der Waals surface area contributed by atoms with Crippen molar-refractivity contribution in [3.05, 3.63) is 58.3 Å². The minimum Gasteiger partial charge on any atom is -0.335 e. The maximum atomic E-state index is 12.4. The number of hydrogen-bond donors (Lipinski definition) is 0. The molecule has 1 saturated heterocycles. The second kappa shape index (κ2) is 5.17. The van der Waals surface area contributed by atoms with Crippen molar-refractivity contribution in [1.29, 1.82) is 0 Å². The SMILES string of the molecule is C[C@H]1CN(C(=O)Cc2cccs2)[C@H]1c1ccccc1. The topological polar surface area (TPSA) is 20.3 Å². The molecule has 0 saturated carbocycles. The summed E-state index contributed by atoms with van der Waals surface area (Å²) in [4.78, 5) is 15.5. The summed E-state index contributed by atoms with van der Waals surface area (Å²) in [6.07, 6.45) is 0.535. The second-order valence-electron chi connectivity index (χ2n) is 5.14. The lowest BCUT2D eigenvalue weighted by atomic mass is 9.84. The van der Waals surface area contributed by atoms with Gasteiger partial charge in [0, 0.05) is 11.4 Å². The van der Waals surface area contributed by atoms with Crippen LogP contribution in [0.1, 0.15) is 23.4 Å². The molecule has 2 heterocycles. The molecule has 0 spiro atoms. The molecule has 3 heteroatoms. The monoisotopic (exact) mass is 271 g/mol. The Morgan fingerprint density at radius 1 is 1.26 bits per heavy atom. The Hall–Kier alpha value is -1.61. The fourth-order valence-corrected chi connectivity index (χ4v) is 3.47. The third-order valence-corrected chi connectivity index (χ3v) is 4.60. The van der Waals surface area contributed by atoms with E-state index in [1.54, 1.807) is 11.3 Å². The van der Waals surface area contributed by atoms with Crippen LogP contribution in [0.4, 0.5) is 0 Å². The van der Waals surface area contributed by atoms with Crippen LogP contribution in [-0.4, -0.2) is 17.4 Å². The summed E-state index contributed by atoms with van der Waals surface area (Å²) in [7, 11) is 0. The van der Waals surface area contributed by atoms with Crippen LogP contribution in [0, 0.1) is 5.92 Å². The minimum absolute atomic E-state index is 0.245. The number of benzene rings is 1. The van der Waals surface area contributed by atoms with Gasteiger partial charge in [-0.15, -0.1) is 11.3 Å². The van der Waals surface area contributed by atoms with E-state index in [-0.39, 0.29) is 11.9 Å². The molecular formula is C16H17NOS. The molecule has 3 rings (SSSR count). The predicted molar refractivity (Wildman–Crippen MR) is 78.1 cm³/mol. The fraction of sp³-hybridized carbons (Fsp3) is 0.312. The van der Waals surface area contributed by atoms with Gasteiger partial charge in [0.05, 0.1) is 12.5 Å². The maximum Gasteiger partial charge on any atom is 0.228 e. The number of carbonyl (C=O) groups excluding carboxylic acids is 1. The number of rotatable bonds is 3. The molecule has 1 fully saturated rings. The first-order valence-electron chi connectivity index (χ1n) is 6.62. The Balaban J connectivity index is 1.73. The van der Waals surface area contributed by atoms with Crippen molar-refractivity contribution in [3.63, 3.8) is 0 Å². The lowest BCUT2D eigenvalue weighted by molar-refractivity contribution is -0.142. The second-order valence-corrected chi connectivity index (χ2v) is 6.17. The molecule has 2 atom stereocenters. The number of nitrogens with zero attached hydrogens (tertiary/aromatic N) is 1. The Morgan fingerprint density at radius 3 is 2.68 bits per heavy atom. The van der Waals surface area contributed by atoms with Crippen molar-refractivity contribution >= 4 is 17.2 Å². The summed E-state index contributed by atoms with van der Waals surface area (Å²) < 4.78 is 0. The van der Waals surface area contributed by atoms with Gasteiger partial charge >= 0.3 is 0 Å². The maximum absolute atomic E-state index is 12.4. The van der Waals surface area contributed by atoms with E-state index >= 15 is 0 Å². The van der Waals surface area contributed by atoms with E-state index in [2.05, 4.69) is 19.1 Å².